The Morgan fingerprint density at radius 2 is 2.14 bits per heavy atom. The molecular weight excluding hydrogens is 302 g/mol. The summed E-state index contributed by atoms with van der Waals surface area (Å²) in [5.74, 6) is -0.224. The Kier molecular flexibility index (Phi) is 3.96. The molecule has 120 valence electrons. The minimum absolute atomic E-state index is 0.149. The molecule has 22 heavy (non-hydrogen) atoms. The first-order valence-electron chi connectivity index (χ1n) is 7.53. The number of benzene rings is 1. The van der Waals surface area contributed by atoms with E-state index in [-0.39, 0.29) is 10.5 Å². The second-order valence-electron chi connectivity index (χ2n) is 6.10. The number of nitrogens with two attached hydrogens (primary N) is 1. The quantitative estimate of drug-likeness (QED) is 0.845. The van der Waals surface area contributed by atoms with Crippen LogP contribution in [0, 0.1) is 12.8 Å². The topological polar surface area (TPSA) is 92.5 Å². The molecule has 2 fully saturated rings. The van der Waals surface area contributed by atoms with Gasteiger partial charge < -0.3 is 11.1 Å². The van der Waals surface area contributed by atoms with Gasteiger partial charge in [0.25, 0.3) is 0 Å². The molecule has 0 radical (unpaired) electrons. The molecule has 2 atom stereocenters. The lowest BCUT2D eigenvalue weighted by molar-refractivity contribution is 0.0999. The van der Waals surface area contributed by atoms with Gasteiger partial charge in [0.05, 0.1) is 4.90 Å². The Morgan fingerprint density at radius 1 is 1.36 bits per heavy atom. The molecule has 2 aliphatic rings. The summed E-state index contributed by atoms with van der Waals surface area (Å²) < 4.78 is 27.2. The fourth-order valence-electron chi connectivity index (χ4n) is 3.41. The first-order valence-corrected chi connectivity index (χ1v) is 8.97. The molecule has 2 aliphatic heterocycles. The van der Waals surface area contributed by atoms with Crippen LogP contribution in [0.1, 0.15) is 28.8 Å². The Hall–Kier alpha value is -1.44. The number of sulfonamides is 1. The summed E-state index contributed by atoms with van der Waals surface area (Å²) in [7, 11) is -3.58. The third kappa shape index (κ3) is 2.64. The normalized spacial score (nSPS) is 25.9. The van der Waals surface area contributed by atoms with Crippen molar-refractivity contribution in [1.82, 2.24) is 9.62 Å². The second-order valence-corrected chi connectivity index (χ2v) is 8.04. The van der Waals surface area contributed by atoms with Crippen molar-refractivity contribution in [2.24, 2.45) is 11.7 Å². The number of fused-ring (bicyclic) bond motifs is 1. The third-order valence-electron chi connectivity index (χ3n) is 4.73. The van der Waals surface area contributed by atoms with E-state index in [1.165, 1.54) is 10.4 Å². The maximum Gasteiger partial charge on any atom is 0.249 e. The number of primary amides is 1. The molecule has 7 heteroatoms. The highest BCUT2D eigenvalue weighted by atomic mass is 32.2. The lowest BCUT2D eigenvalue weighted by Crippen LogP contribution is -2.46. The number of carbonyl (C=O) groups is 1. The van der Waals surface area contributed by atoms with Crippen LogP contribution in [-0.4, -0.2) is 44.3 Å². The maximum absolute atomic E-state index is 12.8. The van der Waals surface area contributed by atoms with E-state index in [0.29, 0.717) is 30.6 Å². The molecule has 1 aromatic carbocycles. The SMILES string of the molecule is Cc1ccc(S(=O)(=O)N2CCC3NCCC3C2)cc1C(N)=O. The molecular formula is C15H21N3O3S. The van der Waals surface area contributed by atoms with Gasteiger partial charge in [0.15, 0.2) is 0 Å². The van der Waals surface area contributed by atoms with Crippen molar-refractivity contribution in [3.05, 3.63) is 29.3 Å². The van der Waals surface area contributed by atoms with Gasteiger partial charge in [-0.3, -0.25) is 4.79 Å². The van der Waals surface area contributed by atoms with Crippen LogP contribution >= 0.6 is 0 Å². The van der Waals surface area contributed by atoms with Crippen molar-refractivity contribution in [2.45, 2.75) is 30.7 Å². The summed E-state index contributed by atoms with van der Waals surface area (Å²) in [4.78, 5) is 11.6. The molecule has 3 rings (SSSR count). The highest BCUT2D eigenvalue weighted by Crippen LogP contribution is 2.29. The standard InChI is InChI=1S/C15H21N3O3S/c1-10-2-3-12(8-13(10)15(16)19)22(20,21)18-7-5-14-11(9-18)4-6-17-14/h2-3,8,11,14,17H,4-7,9H2,1H3,(H2,16,19). The van der Waals surface area contributed by atoms with Crippen molar-refractivity contribution >= 4 is 15.9 Å². The van der Waals surface area contributed by atoms with Crippen molar-refractivity contribution in [3.8, 4) is 0 Å². The van der Waals surface area contributed by atoms with Gasteiger partial charge in [-0.05, 0) is 49.9 Å². The largest absolute Gasteiger partial charge is 0.366 e. The van der Waals surface area contributed by atoms with Crippen LogP contribution < -0.4 is 11.1 Å². The average Bonchev–Trinajstić information content (AvgIpc) is 2.94. The zero-order chi connectivity index (χ0) is 15.9. The monoisotopic (exact) mass is 323 g/mol. The second kappa shape index (κ2) is 5.64. The fraction of sp³-hybridized carbons (Fsp3) is 0.533. The summed E-state index contributed by atoms with van der Waals surface area (Å²) in [6.45, 7) is 3.75. The number of hydrogen-bond acceptors (Lipinski definition) is 4. The van der Waals surface area contributed by atoms with Gasteiger partial charge in [-0.25, -0.2) is 8.42 Å². The number of nitrogens with one attached hydrogen (secondary N) is 1. The Bertz CT molecular complexity index is 702. The summed E-state index contributed by atoms with van der Waals surface area (Å²) in [5, 5.41) is 3.42. The van der Waals surface area contributed by atoms with Crippen LogP contribution in [0.3, 0.4) is 0 Å². The van der Waals surface area contributed by atoms with E-state index in [9.17, 15) is 13.2 Å². The van der Waals surface area contributed by atoms with Gasteiger partial charge in [-0.1, -0.05) is 6.07 Å². The predicted molar refractivity (Wildman–Crippen MR) is 83.0 cm³/mol. The van der Waals surface area contributed by atoms with Crippen molar-refractivity contribution in [1.29, 1.82) is 0 Å². The van der Waals surface area contributed by atoms with Gasteiger partial charge in [0.2, 0.25) is 15.9 Å². The Morgan fingerprint density at radius 3 is 2.86 bits per heavy atom. The van der Waals surface area contributed by atoms with E-state index in [4.69, 9.17) is 5.73 Å². The maximum atomic E-state index is 12.8. The molecule has 6 nitrogen and oxygen atoms in total. The molecule has 0 spiro atoms. The van der Waals surface area contributed by atoms with Crippen molar-refractivity contribution in [2.75, 3.05) is 19.6 Å². The van der Waals surface area contributed by atoms with E-state index in [1.807, 2.05) is 0 Å². The number of hydrogen-bond donors (Lipinski definition) is 2. The molecule has 2 heterocycles. The Balaban J connectivity index is 1.90. The molecule has 2 saturated heterocycles. The molecule has 0 aliphatic carbocycles. The lowest BCUT2D eigenvalue weighted by Gasteiger charge is -2.34. The summed E-state index contributed by atoms with van der Waals surface area (Å²) >= 11 is 0. The van der Waals surface area contributed by atoms with Crippen LogP contribution in [0.5, 0.6) is 0 Å². The van der Waals surface area contributed by atoms with Crippen LogP contribution in [0.2, 0.25) is 0 Å². The summed E-state index contributed by atoms with van der Waals surface area (Å²) in [5.41, 5.74) is 6.27. The molecule has 0 bridgehead atoms. The molecule has 0 saturated carbocycles. The highest BCUT2D eigenvalue weighted by Gasteiger charge is 2.37. The first kappa shape index (κ1) is 15.5. The molecule has 1 aromatic rings. The predicted octanol–water partition coefficient (Wildman–Crippen LogP) is 0.466. The zero-order valence-electron chi connectivity index (χ0n) is 12.6. The molecule has 3 N–H and O–H groups in total. The fourth-order valence-corrected chi connectivity index (χ4v) is 4.95. The smallest absolute Gasteiger partial charge is 0.249 e. The van der Waals surface area contributed by atoms with Crippen LogP contribution in [0.4, 0.5) is 0 Å². The van der Waals surface area contributed by atoms with Gasteiger partial charge in [-0.2, -0.15) is 4.31 Å². The zero-order valence-corrected chi connectivity index (χ0v) is 13.4. The molecule has 2 unspecified atom stereocenters. The minimum atomic E-state index is -3.58. The number of amides is 1. The number of carbonyl (C=O) groups excluding carboxylic acids is 1. The van der Waals surface area contributed by atoms with Crippen LogP contribution in [-0.2, 0) is 10.0 Å². The average molecular weight is 323 g/mol. The van der Waals surface area contributed by atoms with E-state index in [2.05, 4.69) is 5.32 Å². The summed E-state index contributed by atoms with van der Waals surface area (Å²) in [6.07, 6.45) is 1.84. The van der Waals surface area contributed by atoms with Crippen molar-refractivity contribution in [3.63, 3.8) is 0 Å². The van der Waals surface area contributed by atoms with E-state index < -0.39 is 15.9 Å². The van der Waals surface area contributed by atoms with Crippen LogP contribution in [0.25, 0.3) is 0 Å². The number of nitrogens with zero attached hydrogens (tertiary/aromatic N) is 1. The molecule has 0 aromatic heterocycles. The van der Waals surface area contributed by atoms with Gasteiger partial charge in [0, 0.05) is 24.7 Å². The molecule has 1 amide bonds. The van der Waals surface area contributed by atoms with E-state index in [0.717, 1.165) is 19.4 Å². The van der Waals surface area contributed by atoms with E-state index >= 15 is 0 Å². The van der Waals surface area contributed by atoms with Gasteiger partial charge in [-0.15, -0.1) is 0 Å². The number of piperidine rings is 1. The van der Waals surface area contributed by atoms with Crippen LogP contribution in [0.15, 0.2) is 23.1 Å². The lowest BCUT2D eigenvalue weighted by atomic mass is 9.95. The summed E-state index contributed by atoms with van der Waals surface area (Å²) in [6, 6.07) is 5.02. The minimum Gasteiger partial charge on any atom is -0.366 e. The Labute approximate surface area is 130 Å². The first-order chi connectivity index (χ1) is 10.4. The number of aryl methyl sites for hydroxylation is 1. The van der Waals surface area contributed by atoms with Gasteiger partial charge >= 0.3 is 0 Å². The number of rotatable bonds is 3. The highest BCUT2D eigenvalue weighted by molar-refractivity contribution is 7.89. The van der Waals surface area contributed by atoms with E-state index in [1.54, 1.807) is 19.1 Å². The van der Waals surface area contributed by atoms with Crippen molar-refractivity contribution < 1.29 is 13.2 Å². The third-order valence-corrected chi connectivity index (χ3v) is 6.59. The van der Waals surface area contributed by atoms with Gasteiger partial charge in [0.1, 0.15) is 0 Å².